The zero-order valence-corrected chi connectivity index (χ0v) is 8.88. The molecule has 0 bridgehead atoms. The smallest absolute Gasteiger partial charge is 0.250 e. The van der Waals surface area contributed by atoms with Crippen molar-refractivity contribution in [1.82, 2.24) is 0 Å². The first-order valence-corrected chi connectivity index (χ1v) is 5.36. The highest BCUT2D eigenvalue weighted by molar-refractivity contribution is 14.1. The molecule has 0 aromatic rings. The molecule has 11 heavy (non-hydrogen) atoms. The van der Waals surface area contributed by atoms with Crippen molar-refractivity contribution in [1.29, 1.82) is 0 Å². The van der Waals surface area contributed by atoms with Crippen molar-refractivity contribution in [2.75, 3.05) is 0 Å². The van der Waals surface area contributed by atoms with E-state index in [2.05, 4.69) is 6.92 Å². The minimum atomic E-state index is -1.12. The van der Waals surface area contributed by atoms with Gasteiger partial charge in [0, 0.05) is 0 Å². The Labute approximate surface area is 80.8 Å². The standard InChI is InChI=1S/C8H14FIO/c1-6-2-4-7(5-3-6)11-8(9)10/h6-8H,2-5H2,1H3. The van der Waals surface area contributed by atoms with Gasteiger partial charge in [0.15, 0.2) is 0 Å². The van der Waals surface area contributed by atoms with Crippen molar-refractivity contribution in [3.05, 3.63) is 0 Å². The van der Waals surface area contributed by atoms with Crippen molar-refractivity contribution in [2.24, 2.45) is 5.92 Å². The molecule has 1 aliphatic rings. The molecule has 1 atom stereocenters. The van der Waals surface area contributed by atoms with Crippen LogP contribution in [0, 0.1) is 5.92 Å². The Morgan fingerprint density at radius 3 is 2.36 bits per heavy atom. The largest absolute Gasteiger partial charge is 0.337 e. The van der Waals surface area contributed by atoms with Crippen LogP contribution in [0.15, 0.2) is 0 Å². The summed E-state index contributed by atoms with van der Waals surface area (Å²) < 4.78 is 16.3. The number of hydrogen-bond donors (Lipinski definition) is 0. The molecule has 3 heteroatoms. The summed E-state index contributed by atoms with van der Waals surface area (Å²) in [4.78, 5) is 0. The lowest BCUT2D eigenvalue weighted by molar-refractivity contribution is -0.0398. The topological polar surface area (TPSA) is 9.23 Å². The number of alkyl halides is 2. The molecule has 1 fully saturated rings. The van der Waals surface area contributed by atoms with Crippen LogP contribution in [0.4, 0.5) is 4.39 Å². The molecule has 0 saturated heterocycles. The predicted molar refractivity (Wildman–Crippen MR) is 51.4 cm³/mol. The molecular formula is C8H14FIO. The third-order valence-corrected chi connectivity index (χ3v) is 2.55. The fraction of sp³-hybridized carbons (Fsp3) is 1.00. The number of hydrogen-bond acceptors (Lipinski definition) is 1. The van der Waals surface area contributed by atoms with E-state index in [-0.39, 0.29) is 6.10 Å². The van der Waals surface area contributed by atoms with Gasteiger partial charge in [0.2, 0.25) is 0 Å². The van der Waals surface area contributed by atoms with E-state index < -0.39 is 4.36 Å². The molecule has 0 aromatic heterocycles. The maximum atomic E-state index is 12.3. The number of rotatable bonds is 2. The average molecular weight is 272 g/mol. The van der Waals surface area contributed by atoms with Gasteiger partial charge >= 0.3 is 0 Å². The van der Waals surface area contributed by atoms with Crippen LogP contribution in [0.3, 0.4) is 0 Å². The summed E-state index contributed by atoms with van der Waals surface area (Å²) in [6.45, 7) is 2.24. The van der Waals surface area contributed by atoms with Gasteiger partial charge in [0.25, 0.3) is 4.36 Å². The lowest BCUT2D eigenvalue weighted by atomic mass is 9.89. The minimum absolute atomic E-state index is 0.179. The van der Waals surface area contributed by atoms with Crippen molar-refractivity contribution in [3.63, 3.8) is 0 Å². The first-order chi connectivity index (χ1) is 5.18. The lowest BCUT2D eigenvalue weighted by Crippen LogP contribution is -2.21. The van der Waals surface area contributed by atoms with Crippen molar-refractivity contribution >= 4 is 22.6 Å². The first-order valence-electron chi connectivity index (χ1n) is 4.12. The van der Waals surface area contributed by atoms with Crippen LogP contribution in [0.25, 0.3) is 0 Å². The van der Waals surface area contributed by atoms with E-state index in [1.165, 1.54) is 12.8 Å². The van der Waals surface area contributed by atoms with Crippen LogP contribution in [0.5, 0.6) is 0 Å². The molecule has 0 aromatic carbocycles. The van der Waals surface area contributed by atoms with Crippen LogP contribution in [-0.4, -0.2) is 10.5 Å². The van der Waals surface area contributed by atoms with E-state index in [4.69, 9.17) is 4.74 Å². The summed E-state index contributed by atoms with van der Waals surface area (Å²) in [6, 6.07) is 0. The fourth-order valence-corrected chi connectivity index (χ4v) is 1.93. The van der Waals surface area contributed by atoms with E-state index in [1.54, 1.807) is 22.6 Å². The van der Waals surface area contributed by atoms with Crippen molar-refractivity contribution < 1.29 is 9.13 Å². The Morgan fingerprint density at radius 2 is 1.91 bits per heavy atom. The molecule has 66 valence electrons. The normalized spacial score (nSPS) is 35.2. The third kappa shape index (κ3) is 3.69. The van der Waals surface area contributed by atoms with E-state index >= 15 is 0 Å². The van der Waals surface area contributed by atoms with E-state index in [1.807, 2.05) is 0 Å². The zero-order chi connectivity index (χ0) is 8.27. The zero-order valence-electron chi connectivity index (χ0n) is 6.72. The Bertz CT molecular complexity index is 111. The Balaban J connectivity index is 2.17. The average Bonchev–Trinajstić information content (AvgIpc) is 1.93. The van der Waals surface area contributed by atoms with E-state index in [0.717, 1.165) is 18.8 Å². The van der Waals surface area contributed by atoms with Crippen molar-refractivity contribution in [3.8, 4) is 0 Å². The minimum Gasteiger partial charge on any atom is -0.337 e. The highest BCUT2D eigenvalue weighted by Crippen LogP contribution is 2.27. The number of ether oxygens (including phenoxy) is 1. The molecule has 0 radical (unpaired) electrons. The number of halogens is 2. The van der Waals surface area contributed by atoms with Crippen LogP contribution in [0.2, 0.25) is 0 Å². The second-order valence-electron chi connectivity index (χ2n) is 3.28. The molecule has 1 rings (SSSR count). The van der Waals surface area contributed by atoms with Gasteiger partial charge in [-0.3, -0.25) is 0 Å². The lowest BCUT2D eigenvalue weighted by Gasteiger charge is -2.26. The highest BCUT2D eigenvalue weighted by atomic mass is 127. The van der Waals surface area contributed by atoms with Gasteiger partial charge in [-0.05, 0) is 54.2 Å². The van der Waals surface area contributed by atoms with Crippen LogP contribution >= 0.6 is 22.6 Å². The van der Waals surface area contributed by atoms with Crippen LogP contribution < -0.4 is 0 Å². The predicted octanol–water partition coefficient (Wildman–Crippen LogP) is 3.27. The molecule has 1 unspecified atom stereocenters. The SMILES string of the molecule is CC1CCC(OC(F)I)CC1. The highest BCUT2D eigenvalue weighted by Gasteiger charge is 2.20. The Morgan fingerprint density at radius 1 is 1.36 bits per heavy atom. The van der Waals surface area contributed by atoms with Gasteiger partial charge in [-0.15, -0.1) is 0 Å². The Hall–Kier alpha value is 0.620. The molecule has 0 N–H and O–H groups in total. The first kappa shape index (κ1) is 9.71. The van der Waals surface area contributed by atoms with Gasteiger partial charge in [-0.2, -0.15) is 0 Å². The molecule has 0 amide bonds. The summed E-state index contributed by atoms with van der Waals surface area (Å²) >= 11 is 1.66. The summed E-state index contributed by atoms with van der Waals surface area (Å²) in [5.41, 5.74) is 0. The molecule has 0 heterocycles. The van der Waals surface area contributed by atoms with E-state index in [9.17, 15) is 4.39 Å². The van der Waals surface area contributed by atoms with Gasteiger partial charge in [-0.1, -0.05) is 6.92 Å². The summed E-state index contributed by atoms with van der Waals surface area (Å²) in [6.07, 6.45) is 4.62. The molecular weight excluding hydrogens is 258 g/mol. The third-order valence-electron chi connectivity index (χ3n) is 2.26. The van der Waals surface area contributed by atoms with Crippen LogP contribution in [-0.2, 0) is 4.74 Å². The van der Waals surface area contributed by atoms with Gasteiger partial charge < -0.3 is 4.74 Å². The molecule has 0 spiro atoms. The van der Waals surface area contributed by atoms with Gasteiger partial charge in [0.05, 0.1) is 6.10 Å². The maximum Gasteiger partial charge on any atom is 0.250 e. The molecule has 1 saturated carbocycles. The van der Waals surface area contributed by atoms with Gasteiger partial charge in [-0.25, -0.2) is 4.39 Å². The molecule has 1 aliphatic carbocycles. The summed E-state index contributed by atoms with van der Waals surface area (Å²) in [5.74, 6) is 0.808. The maximum absolute atomic E-state index is 12.3. The molecule has 1 nitrogen and oxygen atoms in total. The summed E-state index contributed by atoms with van der Waals surface area (Å²) in [7, 11) is 0. The fourth-order valence-electron chi connectivity index (χ4n) is 1.51. The van der Waals surface area contributed by atoms with Gasteiger partial charge in [0.1, 0.15) is 0 Å². The van der Waals surface area contributed by atoms with E-state index in [0.29, 0.717) is 0 Å². The second kappa shape index (κ2) is 4.60. The monoisotopic (exact) mass is 272 g/mol. The second-order valence-corrected chi connectivity index (χ2v) is 4.26. The molecule has 0 aliphatic heterocycles. The van der Waals surface area contributed by atoms with Crippen molar-refractivity contribution in [2.45, 2.75) is 43.1 Å². The van der Waals surface area contributed by atoms with Crippen LogP contribution in [0.1, 0.15) is 32.6 Å². The Kier molecular flexibility index (Phi) is 4.06. The quantitative estimate of drug-likeness (QED) is 0.553. The summed E-state index contributed by atoms with van der Waals surface area (Å²) in [5, 5.41) is 0.